The second-order valence-corrected chi connectivity index (χ2v) is 9.61. The molecule has 0 bridgehead atoms. The second kappa shape index (κ2) is 9.43. The van der Waals surface area contributed by atoms with Gasteiger partial charge in [-0.2, -0.15) is 4.31 Å². The van der Waals surface area contributed by atoms with Gasteiger partial charge in [0.1, 0.15) is 11.5 Å². The van der Waals surface area contributed by atoms with Crippen molar-refractivity contribution in [2.24, 2.45) is 5.92 Å². The summed E-state index contributed by atoms with van der Waals surface area (Å²) in [6.07, 6.45) is 1.14. The highest BCUT2D eigenvalue weighted by atomic mass is 35.5. The second-order valence-electron chi connectivity index (χ2n) is 6.83. The average molecular weight is 473 g/mol. The molecule has 0 saturated carbocycles. The number of piperidine rings is 1. The van der Waals surface area contributed by atoms with Crippen LogP contribution in [0.2, 0.25) is 10.0 Å². The van der Waals surface area contributed by atoms with Crippen molar-refractivity contribution >= 4 is 44.8 Å². The highest BCUT2D eigenvalue weighted by molar-refractivity contribution is 7.89. The van der Waals surface area contributed by atoms with Crippen molar-refractivity contribution in [2.75, 3.05) is 32.6 Å². The van der Waals surface area contributed by atoms with Crippen LogP contribution in [0.25, 0.3) is 0 Å². The van der Waals surface area contributed by atoms with E-state index >= 15 is 0 Å². The maximum Gasteiger partial charge on any atom is 0.243 e. The van der Waals surface area contributed by atoms with E-state index in [1.165, 1.54) is 36.7 Å². The van der Waals surface area contributed by atoms with Gasteiger partial charge in [-0.15, -0.1) is 0 Å². The van der Waals surface area contributed by atoms with Gasteiger partial charge in [-0.25, -0.2) is 8.42 Å². The molecule has 30 heavy (non-hydrogen) atoms. The number of anilines is 1. The molecule has 2 aromatic carbocycles. The molecule has 1 fully saturated rings. The molecule has 1 saturated heterocycles. The lowest BCUT2D eigenvalue weighted by molar-refractivity contribution is -0.120. The molecule has 0 aromatic heterocycles. The Morgan fingerprint density at radius 3 is 2.47 bits per heavy atom. The normalized spacial score (nSPS) is 17.4. The number of ether oxygens (including phenoxy) is 2. The summed E-state index contributed by atoms with van der Waals surface area (Å²) in [5, 5.41) is 3.46. The number of carbonyl (C=O) groups is 1. The fraction of sp³-hybridized carbons (Fsp3) is 0.350. The minimum Gasteiger partial charge on any atom is -0.495 e. The van der Waals surface area contributed by atoms with Crippen molar-refractivity contribution in [2.45, 2.75) is 17.7 Å². The van der Waals surface area contributed by atoms with E-state index in [4.69, 9.17) is 32.7 Å². The SMILES string of the molecule is COc1ccc(S(=O)(=O)N2CCC[C@@H](C(=O)Nc3cc(Cl)ccc3OC)C2)cc1Cl. The van der Waals surface area contributed by atoms with Gasteiger partial charge >= 0.3 is 0 Å². The number of benzene rings is 2. The largest absolute Gasteiger partial charge is 0.495 e. The maximum absolute atomic E-state index is 13.1. The molecule has 1 atom stereocenters. The Morgan fingerprint density at radius 2 is 1.80 bits per heavy atom. The number of nitrogens with zero attached hydrogens (tertiary/aromatic N) is 1. The van der Waals surface area contributed by atoms with E-state index in [0.29, 0.717) is 41.6 Å². The Morgan fingerprint density at radius 1 is 1.10 bits per heavy atom. The first-order valence-electron chi connectivity index (χ1n) is 9.24. The molecule has 10 heteroatoms. The van der Waals surface area contributed by atoms with Crippen molar-refractivity contribution < 1.29 is 22.7 Å². The van der Waals surface area contributed by atoms with E-state index in [0.717, 1.165) is 0 Å². The molecule has 2 aromatic rings. The van der Waals surface area contributed by atoms with Gasteiger partial charge < -0.3 is 14.8 Å². The van der Waals surface area contributed by atoms with Gasteiger partial charge in [0, 0.05) is 18.1 Å². The summed E-state index contributed by atoms with van der Waals surface area (Å²) in [5.74, 6) is 0.0667. The van der Waals surface area contributed by atoms with Crippen LogP contribution in [0.1, 0.15) is 12.8 Å². The van der Waals surface area contributed by atoms with Crippen molar-refractivity contribution in [1.82, 2.24) is 4.31 Å². The van der Waals surface area contributed by atoms with Crippen LogP contribution in [-0.4, -0.2) is 45.9 Å². The molecular weight excluding hydrogens is 451 g/mol. The first-order chi connectivity index (χ1) is 14.3. The number of sulfonamides is 1. The number of rotatable bonds is 6. The van der Waals surface area contributed by atoms with Crippen LogP contribution in [0, 0.1) is 5.92 Å². The lowest BCUT2D eigenvalue weighted by atomic mass is 9.98. The summed E-state index contributed by atoms with van der Waals surface area (Å²) in [6.45, 7) is 0.400. The van der Waals surface area contributed by atoms with Crippen molar-refractivity contribution in [3.63, 3.8) is 0 Å². The molecule has 7 nitrogen and oxygen atoms in total. The summed E-state index contributed by atoms with van der Waals surface area (Å²) < 4.78 is 37.8. The van der Waals surface area contributed by atoms with Crippen LogP contribution in [0.4, 0.5) is 5.69 Å². The third-order valence-corrected chi connectivity index (χ3v) is 7.33. The van der Waals surface area contributed by atoms with Crippen LogP contribution < -0.4 is 14.8 Å². The number of hydrogen-bond donors (Lipinski definition) is 1. The predicted molar refractivity (Wildman–Crippen MR) is 116 cm³/mol. The van der Waals surface area contributed by atoms with Crippen LogP contribution in [0.15, 0.2) is 41.3 Å². The number of hydrogen-bond acceptors (Lipinski definition) is 5. The monoisotopic (exact) mass is 472 g/mol. The lowest BCUT2D eigenvalue weighted by Crippen LogP contribution is -2.43. The molecule has 0 unspecified atom stereocenters. The van der Waals surface area contributed by atoms with Gasteiger partial charge in [-0.05, 0) is 49.2 Å². The zero-order chi connectivity index (χ0) is 21.9. The number of nitrogens with one attached hydrogen (secondary N) is 1. The number of carbonyl (C=O) groups excluding carboxylic acids is 1. The average Bonchev–Trinajstić information content (AvgIpc) is 2.74. The van der Waals surface area contributed by atoms with E-state index in [1.54, 1.807) is 18.2 Å². The topological polar surface area (TPSA) is 84.9 Å². The van der Waals surface area contributed by atoms with Gasteiger partial charge in [0.15, 0.2) is 0 Å². The molecule has 0 radical (unpaired) electrons. The first-order valence-corrected chi connectivity index (χ1v) is 11.4. The summed E-state index contributed by atoms with van der Waals surface area (Å²) in [7, 11) is -0.850. The molecule has 0 aliphatic carbocycles. The standard InChI is InChI=1S/C20H22Cl2N2O5S/c1-28-18-8-6-15(11-16(18)22)30(26,27)24-9-3-4-13(12-24)20(25)23-17-10-14(21)5-7-19(17)29-2/h5-8,10-11,13H,3-4,9,12H2,1-2H3,(H,23,25)/t13-/m1/s1. The number of halogens is 2. The van der Waals surface area contributed by atoms with Crippen LogP contribution in [0.5, 0.6) is 11.5 Å². The Hall–Kier alpha value is -2.00. The molecule has 3 rings (SSSR count). The fourth-order valence-electron chi connectivity index (χ4n) is 3.34. The van der Waals surface area contributed by atoms with E-state index < -0.39 is 15.9 Å². The number of amides is 1. The predicted octanol–water partition coefficient (Wildman–Crippen LogP) is 4.05. The summed E-state index contributed by atoms with van der Waals surface area (Å²) in [5.41, 5.74) is 0.442. The van der Waals surface area contributed by atoms with Crippen LogP contribution in [0.3, 0.4) is 0 Å². The zero-order valence-electron chi connectivity index (χ0n) is 16.5. The van der Waals surface area contributed by atoms with E-state index in [9.17, 15) is 13.2 Å². The van der Waals surface area contributed by atoms with Crippen molar-refractivity contribution in [3.8, 4) is 11.5 Å². The molecule has 1 amide bonds. The van der Waals surface area contributed by atoms with Crippen molar-refractivity contribution in [3.05, 3.63) is 46.4 Å². The highest BCUT2D eigenvalue weighted by Crippen LogP contribution is 2.32. The molecule has 1 heterocycles. The summed E-state index contributed by atoms with van der Waals surface area (Å²) in [4.78, 5) is 12.9. The van der Waals surface area contributed by atoms with Gasteiger partial charge in [-0.3, -0.25) is 4.79 Å². The van der Waals surface area contributed by atoms with Crippen LogP contribution >= 0.6 is 23.2 Å². The molecule has 1 N–H and O–H groups in total. The molecular formula is C20H22Cl2N2O5S. The minimum absolute atomic E-state index is 0.0610. The smallest absolute Gasteiger partial charge is 0.243 e. The summed E-state index contributed by atoms with van der Waals surface area (Å²) in [6, 6.07) is 9.22. The third-order valence-electron chi connectivity index (χ3n) is 4.94. The maximum atomic E-state index is 13.1. The Bertz CT molecular complexity index is 1050. The van der Waals surface area contributed by atoms with Gasteiger partial charge in [0.2, 0.25) is 15.9 Å². The number of methoxy groups -OCH3 is 2. The van der Waals surface area contributed by atoms with Crippen molar-refractivity contribution in [1.29, 1.82) is 0 Å². The van der Waals surface area contributed by atoms with E-state index in [1.807, 2.05) is 0 Å². The molecule has 162 valence electrons. The third kappa shape index (κ3) is 4.83. The lowest BCUT2D eigenvalue weighted by Gasteiger charge is -2.31. The minimum atomic E-state index is -3.80. The Kier molecular flexibility index (Phi) is 7.13. The van der Waals surface area contributed by atoms with Gasteiger partial charge in [-0.1, -0.05) is 23.2 Å². The Balaban J connectivity index is 1.77. The Labute approximate surface area is 185 Å². The first kappa shape index (κ1) is 22.7. The summed E-state index contributed by atoms with van der Waals surface area (Å²) >= 11 is 12.1. The van der Waals surface area contributed by atoms with E-state index in [-0.39, 0.29) is 22.4 Å². The highest BCUT2D eigenvalue weighted by Gasteiger charge is 2.34. The van der Waals surface area contributed by atoms with E-state index in [2.05, 4.69) is 5.32 Å². The van der Waals surface area contributed by atoms with Gasteiger partial charge in [0.25, 0.3) is 0 Å². The fourth-order valence-corrected chi connectivity index (χ4v) is 5.39. The van der Waals surface area contributed by atoms with Gasteiger partial charge in [0.05, 0.1) is 35.7 Å². The van der Waals surface area contributed by atoms with Crippen LogP contribution in [-0.2, 0) is 14.8 Å². The molecule has 0 spiro atoms. The molecule has 1 aliphatic rings. The zero-order valence-corrected chi connectivity index (χ0v) is 18.9. The molecule has 1 aliphatic heterocycles. The quantitative estimate of drug-likeness (QED) is 0.685.